The Kier molecular flexibility index (Phi) is 6.58. The van der Waals surface area contributed by atoms with Crippen molar-refractivity contribution in [3.05, 3.63) is 29.8 Å². The molecule has 3 fully saturated rings. The first-order valence-corrected chi connectivity index (χ1v) is 11.2. The Morgan fingerprint density at radius 2 is 1.97 bits per heavy atom. The molecule has 3 N–H and O–H groups in total. The predicted molar refractivity (Wildman–Crippen MR) is 111 cm³/mol. The van der Waals surface area contributed by atoms with Gasteiger partial charge in [0.25, 0.3) is 0 Å². The summed E-state index contributed by atoms with van der Waals surface area (Å²) in [7, 11) is 0. The summed E-state index contributed by atoms with van der Waals surface area (Å²) in [4.78, 5) is 27.5. The fourth-order valence-electron chi connectivity index (χ4n) is 5.34. The van der Waals surface area contributed by atoms with Gasteiger partial charge in [-0.2, -0.15) is 0 Å². The fourth-order valence-corrected chi connectivity index (χ4v) is 5.34. The van der Waals surface area contributed by atoms with Gasteiger partial charge in [0.1, 0.15) is 18.4 Å². The van der Waals surface area contributed by atoms with Crippen molar-refractivity contribution in [3.63, 3.8) is 0 Å². The second-order valence-corrected chi connectivity index (χ2v) is 8.89. The molecule has 1 aromatic rings. The highest BCUT2D eigenvalue weighted by atomic mass is 16.5. The monoisotopic (exact) mass is 416 g/mol. The third-order valence-electron chi connectivity index (χ3n) is 6.81. The summed E-state index contributed by atoms with van der Waals surface area (Å²) in [5.74, 6) is -0.166. The minimum Gasteiger partial charge on any atom is -0.508 e. The first-order valence-electron chi connectivity index (χ1n) is 11.2. The number of aromatic hydroxyl groups is 1. The average Bonchev–Trinajstić information content (AvgIpc) is 3.30. The van der Waals surface area contributed by atoms with Crippen LogP contribution in [0.4, 0.5) is 0 Å². The standard InChI is InChI=1S/C23H32N2O5/c26-17-6-4-5-15(11-17)9-10-24-23(29)22-16-12-19(20(27)13-16)25(22)21(28)14-30-18-7-2-1-3-8-18/h4-6,11,16,18-20,22,26-27H,1-3,7-10,12-14H2,(H,24,29)/t16?,19?,20-,22-/m1/s1. The van der Waals surface area contributed by atoms with Crippen LogP contribution in [0.25, 0.3) is 0 Å². The van der Waals surface area contributed by atoms with Gasteiger partial charge in [0, 0.05) is 6.54 Å². The molecule has 164 valence electrons. The molecule has 0 spiro atoms. The zero-order valence-electron chi connectivity index (χ0n) is 17.3. The van der Waals surface area contributed by atoms with E-state index in [1.807, 2.05) is 6.07 Å². The number of aliphatic hydroxyl groups is 1. The lowest BCUT2D eigenvalue weighted by molar-refractivity contribution is -0.151. The maximum Gasteiger partial charge on any atom is 0.249 e. The SMILES string of the molecule is O=C(NCCc1cccc(O)c1)[C@H]1C2CC([C@H](O)C2)N1C(=O)COC1CCCCC1. The molecule has 0 radical (unpaired) electrons. The number of ether oxygens (including phenoxy) is 1. The zero-order valence-corrected chi connectivity index (χ0v) is 17.3. The summed E-state index contributed by atoms with van der Waals surface area (Å²) in [5.41, 5.74) is 0.937. The average molecular weight is 417 g/mol. The number of hydrogen-bond acceptors (Lipinski definition) is 5. The Bertz CT molecular complexity index is 764. The van der Waals surface area contributed by atoms with Crippen LogP contribution in [-0.2, 0) is 20.7 Å². The number of likely N-dealkylation sites (tertiary alicyclic amines) is 1. The highest BCUT2D eigenvalue weighted by molar-refractivity contribution is 5.89. The number of benzene rings is 1. The summed E-state index contributed by atoms with van der Waals surface area (Å²) in [5, 5.41) is 22.8. The Hall–Kier alpha value is -2.12. The van der Waals surface area contributed by atoms with Crippen molar-refractivity contribution < 1.29 is 24.5 Å². The van der Waals surface area contributed by atoms with E-state index in [4.69, 9.17) is 4.74 Å². The number of carbonyl (C=O) groups is 2. The van der Waals surface area contributed by atoms with Gasteiger partial charge in [-0.1, -0.05) is 31.4 Å². The highest BCUT2D eigenvalue weighted by Gasteiger charge is 2.55. The Morgan fingerprint density at radius 1 is 1.17 bits per heavy atom. The van der Waals surface area contributed by atoms with E-state index >= 15 is 0 Å². The third-order valence-corrected chi connectivity index (χ3v) is 6.81. The van der Waals surface area contributed by atoms with Crippen molar-refractivity contribution in [2.45, 2.75) is 75.7 Å². The van der Waals surface area contributed by atoms with E-state index in [1.165, 1.54) is 6.42 Å². The Labute approximate surface area is 177 Å². The van der Waals surface area contributed by atoms with E-state index in [0.717, 1.165) is 31.2 Å². The molecule has 7 heteroatoms. The highest BCUT2D eigenvalue weighted by Crippen LogP contribution is 2.42. The fraction of sp³-hybridized carbons (Fsp3) is 0.652. The number of aliphatic hydroxyl groups excluding tert-OH is 1. The van der Waals surface area contributed by atoms with Gasteiger partial charge in [0.2, 0.25) is 11.8 Å². The van der Waals surface area contributed by atoms with Crippen LogP contribution in [-0.4, -0.2) is 64.4 Å². The minimum atomic E-state index is -0.565. The summed E-state index contributed by atoms with van der Waals surface area (Å²) in [6.45, 7) is 0.410. The maximum atomic E-state index is 13.0. The molecule has 4 atom stereocenters. The van der Waals surface area contributed by atoms with E-state index in [0.29, 0.717) is 25.8 Å². The number of phenolic OH excluding ortho intramolecular Hbond substituents is 1. The van der Waals surface area contributed by atoms with E-state index in [1.54, 1.807) is 23.1 Å². The number of nitrogens with one attached hydrogen (secondary N) is 1. The van der Waals surface area contributed by atoms with Crippen LogP contribution in [0.3, 0.4) is 0 Å². The normalized spacial score (nSPS) is 28.6. The van der Waals surface area contributed by atoms with Crippen LogP contribution in [0.2, 0.25) is 0 Å². The number of carbonyl (C=O) groups excluding carboxylic acids is 2. The largest absolute Gasteiger partial charge is 0.508 e. The van der Waals surface area contributed by atoms with Gasteiger partial charge in [0.15, 0.2) is 0 Å². The molecule has 2 aliphatic carbocycles. The number of nitrogens with zero attached hydrogens (tertiary/aromatic N) is 1. The smallest absolute Gasteiger partial charge is 0.249 e. The molecule has 2 saturated carbocycles. The summed E-state index contributed by atoms with van der Waals surface area (Å²) in [6, 6.07) is 6.14. The molecule has 4 rings (SSSR count). The van der Waals surface area contributed by atoms with E-state index in [2.05, 4.69) is 5.32 Å². The van der Waals surface area contributed by atoms with Crippen LogP contribution >= 0.6 is 0 Å². The number of piperidine rings is 1. The molecular weight excluding hydrogens is 384 g/mol. The topological polar surface area (TPSA) is 99.1 Å². The van der Waals surface area contributed by atoms with E-state index in [9.17, 15) is 19.8 Å². The second-order valence-electron chi connectivity index (χ2n) is 8.89. The quantitative estimate of drug-likeness (QED) is 0.629. The lowest BCUT2D eigenvalue weighted by atomic mass is 9.96. The van der Waals surface area contributed by atoms with Gasteiger partial charge in [-0.05, 0) is 55.7 Å². The maximum absolute atomic E-state index is 13.0. The Balaban J connectivity index is 1.34. The van der Waals surface area contributed by atoms with Gasteiger partial charge in [-0.15, -0.1) is 0 Å². The van der Waals surface area contributed by atoms with Gasteiger partial charge in [-0.3, -0.25) is 9.59 Å². The summed E-state index contributed by atoms with van der Waals surface area (Å²) >= 11 is 0. The van der Waals surface area contributed by atoms with Crippen molar-refractivity contribution in [1.29, 1.82) is 0 Å². The summed E-state index contributed by atoms with van der Waals surface area (Å²) in [6.07, 6.45) is 6.85. The lowest BCUT2D eigenvalue weighted by Crippen LogP contribution is -2.57. The predicted octanol–water partition coefficient (Wildman–Crippen LogP) is 1.75. The molecule has 1 aliphatic heterocycles. The van der Waals surface area contributed by atoms with E-state index in [-0.39, 0.29) is 42.2 Å². The number of fused-ring (bicyclic) bond motifs is 2. The molecule has 3 aliphatic rings. The zero-order chi connectivity index (χ0) is 21.1. The molecule has 2 bridgehead atoms. The van der Waals surface area contributed by atoms with Gasteiger partial charge < -0.3 is 25.2 Å². The number of amides is 2. The number of rotatable bonds is 7. The van der Waals surface area contributed by atoms with Crippen LogP contribution in [0.5, 0.6) is 5.75 Å². The van der Waals surface area contributed by atoms with E-state index < -0.39 is 12.1 Å². The molecule has 2 amide bonds. The van der Waals surface area contributed by atoms with Crippen molar-refractivity contribution in [2.24, 2.45) is 5.92 Å². The van der Waals surface area contributed by atoms with Crippen LogP contribution < -0.4 is 5.32 Å². The van der Waals surface area contributed by atoms with Crippen LogP contribution in [0.1, 0.15) is 50.5 Å². The van der Waals surface area contributed by atoms with Gasteiger partial charge >= 0.3 is 0 Å². The molecule has 0 aromatic heterocycles. The second kappa shape index (κ2) is 9.35. The number of hydrogen-bond donors (Lipinski definition) is 3. The molecule has 30 heavy (non-hydrogen) atoms. The first kappa shape index (κ1) is 21.1. The van der Waals surface area contributed by atoms with Crippen molar-refractivity contribution in [2.75, 3.05) is 13.2 Å². The summed E-state index contributed by atoms with van der Waals surface area (Å²) < 4.78 is 5.85. The Morgan fingerprint density at radius 3 is 2.73 bits per heavy atom. The van der Waals surface area contributed by atoms with Gasteiger partial charge in [-0.25, -0.2) is 0 Å². The molecule has 1 aromatic carbocycles. The number of phenols is 1. The first-order chi connectivity index (χ1) is 14.5. The van der Waals surface area contributed by atoms with Crippen molar-refractivity contribution in [3.8, 4) is 5.75 Å². The minimum absolute atomic E-state index is 0.00981. The molecule has 7 nitrogen and oxygen atoms in total. The molecular formula is C23H32N2O5. The molecule has 1 heterocycles. The van der Waals surface area contributed by atoms with Gasteiger partial charge in [0.05, 0.1) is 18.2 Å². The van der Waals surface area contributed by atoms with Crippen molar-refractivity contribution >= 4 is 11.8 Å². The van der Waals surface area contributed by atoms with Crippen LogP contribution in [0, 0.1) is 5.92 Å². The van der Waals surface area contributed by atoms with Crippen LogP contribution in [0.15, 0.2) is 24.3 Å². The third kappa shape index (κ3) is 4.62. The lowest BCUT2D eigenvalue weighted by Gasteiger charge is -2.37. The molecule has 2 unspecified atom stereocenters. The van der Waals surface area contributed by atoms with Crippen molar-refractivity contribution in [1.82, 2.24) is 10.2 Å². The molecule has 1 saturated heterocycles.